The number of alkyl carbamates (subject to hydrolysis) is 1. The second-order valence-corrected chi connectivity index (χ2v) is 5.15. The summed E-state index contributed by atoms with van der Waals surface area (Å²) in [6, 6.07) is 6.02. The van der Waals surface area contributed by atoms with E-state index in [1.54, 1.807) is 0 Å². The van der Waals surface area contributed by atoms with Crippen molar-refractivity contribution in [1.82, 2.24) is 5.32 Å². The van der Waals surface area contributed by atoms with Crippen molar-refractivity contribution < 1.29 is 14.3 Å². The minimum Gasteiger partial charge on any atom is -0.487 e. The molecule has 4 nitrogen and oxygen atoms in total. The number of amides is 1. The number of cyclic esters (lactones) is 1. The minimum atomic E-state index is -0.357. The number of carbonyl (C=O) groups is 1. The largest absolute Gasteiger partial charge is 0.487 e. The van der Waals surface area contributed by atoms with Crippen molar-refractivity contribution in [2.24, 2.45) is 0 Å². The molecule has 2 aliphatic rings. The van der Waals surface area contributed by atoms with Crippen LogP contribution in [0, 0.1) is 0 Å². The molecule has 1 saturated heterocycles. The molecule has 2 aliphatic heterocycles. The van der Waals surface area contributed by atoms with Gasteiger partial charge in [0.25, 0.3) is 0 Å². The van der Waals surface area contributed by atoms with Crippen molar-refractivity contribution in [2.45, 2.75) is 32.0 Å². The van der Waals surface area contributed by atoms with E-state index in [4.69, 9.17) is 9.47 Å². The van der Waals surface area contributed by atoms with Gasteiger partial charge in [-0.1, -0.05) is 18.2 Å². The van der Waals surface area contributed by atoms with Gasteiger partial charge in [-0.15, -0.1) is 0 Å². The van der Waals surface area contributed by atoms with Gasteiger partial charge in [0.05, 0.1) is 6.54 Å². The van der Waals surface area contributed by atoms with Gasteiger partial charge >= 0.3 is 6.09 Å². The third-order valence-corrected chi connectivity index (χ3v) is 3.15. The van der Waals surface area contributed by atoms with Crippen LogP contribution in [-0.4, -0.2) is 18.2 Å². The molecule has 1 fully saturated rings. The quantitative estimate of drug-likeness (QED) is 0.808. The molecule has 0 aliphatic carbocycles. The molecule has 0 radical (unpaired) electrons. The van der Waals surface area contributed by atoms with E-state index in [9.17, 15) is 4.79 Å². The zero-order valence-corrected chi connectivity index (χ0v) is 9.95. The van der Waals surface area contributed by atoms with Crippen LogP contribution in [0.15, 0.2) is 18.2 Å². The summed E-state index contributed by atoms with van der Waals surface area (Å²) in [5, 5.41) is 2.66. The Bertz CT molecular complexity index is 482. The second-order valence-electron chi connectivity index (χ2n) is 5.15. The fraction of sp³-hybridized carbons (Fsp3) is 0.462. The Morgan fingerprint density at radius 2 is 2.24 bits per heavy atom. The smallest absolute Gasteiger partial charge is 0.407 e. The fourth-order valence-electron chi connectivity index (χ4n) is 2.45. The molecule has 2 heterocycles. The van der Waals surface area contributed by atoms with Gasteiger partial charge in [0.15, 0.2) is 0 Å². The monoisotopic (exact) mass is 233 g/mol. The number of benzene rings is 1. The Labute approximate surface area is 99.9 Å². The summed E-state index contributed by atoms with van der Waals surface area (Å²) in [5.41, 5.74) is 1.98. The summed E-state index contributed by atoms with van der Waals surface area (Å²) in [7, 11) is 0. The number of nitrogens with one attached hydrogen (secondary N) is 1. The Morgan fingerprint density at radius 3 is 2.94 bits per heavy atom. The molecule has 1 aromatic carbocycles. The number of hydrogen-bond acceptors (Lipinski definition) is 3. The van der Waals surface area contributed by atoms with E-state index in [0.29, 0.717) is 6.54 Å². The summed E-state index contributed by atoms with van der Waals surface area (Å²) < 4.78 is 11.2. The Kier molecular flexibility index (Phi) is 2.08. The second kappa shape index (κ2) is 3.39. The van der Waals surface area contributed by atoms with Gasteiger partial charge in [0, 0.05) is 12.0 Å². The van der Waals surface area contributed by atoms with Crippen LogP contribution in [0.5, 0.6) is 5.75 Å². The molecule has 4 heteroatoms. The molecule has 1 aromatic rings. The summed E-state index contributed by atoms with van der Waals surface area (Å²) in [5.74, 6) is 0.888. The first-order valence-electron chi connectivity index (χ1n) is 5.80. The van der Waals surface area contributed by atoms with E-state index >= 15 is 0 Å². The number of carbonyl (C=O) groups excluding carboxylic acids is 1. The first kappa shape index (κ1) is 10.4. The highest BCUT2D eigenvalue weighted by molar-refractivity contribution is 5.70. The normalized spacial score (nSPS) is 24.8. The van der Waals surface area contributed by atoms with Crippen molar-refractivity contribution in [1.29, 1.82) is 0 Å². The van der Waals surface area contributed by atoms with Crippen molar-refractivity contribution in [3.8, 4) is 5.75 Å². The molecule has 90 valence electrons. The summed E-state index contributed by atoms with van der Waals surface area (Å²) in [6.45, 7) is 4.64. The van der Waals surface area contributed by atoms with Crippen molar-refractivity contribution >= 4 is 6.09 Å². The van der Waals surface area contributed by atoms with Crippen LogP contribution in [0.25, 0.3) is 0 Å². The first-order valence-corrected chi connectivity index (χ1v) is 5.80. The molecular weight excluding hydrogens is 218 g/mol. The highest BCUT2D eigenvalue weighted by atomic mass is 16.6. The highest BCUT2D eigenvalue weighted by Gasteiger charge is 2.35. The van der Waals surface area contributed by atoms with E-state index in [-0.39, 0.29) is 17.8 Å². The van der Waals surface area contributed by atoms with Crippen molar-refractivity contribution in [2.75, 3.05) is 6.54 Å². The Balaban J connectivity index is 1.98. The van der Waals surface area contributed by atoms with Gasteiger partial charge in [-0.05, 0) is 19.4 Å². The third kappa shape index (κ3) is 1.73. The van der Waals surface area contributed by atoms with Gasteiger partial charge in [0.1, 0.15) is 17.5 Å². The molecule has 1 N–H and O–H groups in total. The Hall–Kier alpha value is -1.71. The predicted molar refractivity (Wildman–Crippen MR) is 62.1 cm³/mol. The van der Waals surface area contributed by atoms with Crippen molar-refractivity contribution in [3.05, 3.63) is 29.3 Å². The average Bonchev–Trinajstić information content (AvgIpc) is 2.78. The number of ether oxygens (including phenoxy) is 2. The van der Waals surface area contributed by atoms with Crippen LogP contribution in [0.2, 0.25) is 0 Å². The zero-order valence-electron chi connectivity index (χ0n) is 9.95. The molecule has 17 heavy (non-hydrogen) atoms. The highest BCUT2D eigenvalue weighted by Crippen LogP contribution is 2.41. The molecule has 0 aromatic heterocycles. The molecule has 1 amide bonds. The van der Waals surface area contributed by atoms with E-state index in [0.717, 1.165) is 17.7 Å². The summed E-state index contributed by atoms with van der Waals surface area (Å²) in [4.78, 5) is 11.1. The molecule has 0 spiro atoms. The van der Waals surface area contributed by atoms with Crippen LogP contribution >= 0.6 is 0 Å². The van der Waals surface area contributed by atoms with Crippen LogP contribution < -0.4 is 10.1 Å². The van der Waals surface area contributed by atoms with Gasteiger partial charge in [-0.3, -0.25) is 0 Å². The lowest BCUT2D eigenvalue weighted by Gasteiger charge is -2.19. The third-order valence-electron chi connectivity index (χ3n) is 3.15. The number of para-hydroxylation sites is 1. The van der Waals surface area contributed by atoms with Gasteiger partial charge in [0.2, 0.25) is 0 Å². The van der Waals surface area contributed by atoms with E-state index in [1.807, 2.05) is 12.1 Å². The van der Waals surface area contributed by atoms with Gasteiger partial charge in [-0.2, -0.15) is 0 Å². The standard InChI is InChI=1S/C13H15NO3/c1-13(2)6-8-4-3-5-9(11(8)17-13)10-7-14-12(15)16-10/h3-5,10H,6-7H2,1-2H3,(H,14,15). The predicted octanol–water partition coefficient (Wildman–Crippen LogP) is 2.18. The minimum absolute atomic E-state index is 0.172. The van der Waals surface area contributed by atoms with Crippen LogP contribution in [0.3, 0.4) is 0 Å². The molecule has 1 unspecified atom stereocenters. The number of hydrogen-bond donors (Lipinski definition) is 1. The summed E-state index contributed by atoms with van der Waals surface area (Å²) in [6.07, 6.45) is 0.306. The molecular formula is C13H15NO3. The maximum absolute atomic E-state index is 11.1. The maximum Gasteiger partial charge on any atom is 0.407 e. The molecule has 3 rings (SSSR count). The van der Waals surface area contributed by atoms with Crippen molar-refractivity contribution in [3.63, 3.8) is 0 Å². The van der Waals surface area contributed by atoms with E-state index in [2.05, 4.69) is 25.2 Å². The summed E-state index contributed by atoms with van der Waals surface area (Å²) >= 11 is 0. The van der Waals surface area contributed by atoms with E-state index < -0.39 is 0 Å². The van der Waals surface area contributed by atoms with Crippen LogP contribution in [-0.2, 0) is 11.2 Å². The zero-order chi connectivity index (χ0) is 12.0. The lowest BCUT2D eigenvalue weighted by molar-refractivity contribution is 0.122. The maximum atomic E-state index is 11.1. The topological polar surface area (TPSA) is 47.6 Å². The molecule has 1 atom stereocenters. The number of rotatable bonds is 1. The average molecular weight is 233 g/mol. The van der Waals surface area contributed by atoms with Crippen LogP contribution in [0.1, 0.15) is 31.1 Å². The Morgan fingerprint density at radius 1 is 1.41 bits per heavy atom. The SMILES string of the molecule is CC1(C)Cc2cccc(C3CNC(=O)O3)c2O1. The molecule has 0 bridgehead atoms. The van der Waals surface area contributed by atoms with Gasteiger partial charge < -0.3 is 14.8 Å². The number of fused-ring (bicyclic) bond motifs is 1. The molecule has 0 saturated carbocycles. The van der Waals surface area contributed by atoms with Crippen LogP contribution in [0.4, 0.5) is 4.79 Å². The fourth-order valence-corrected chi connectivity index (χ4v) is 2.45. The lowest BCUT2D eigenvalue weighted by atomic mass is 9.99. The first-order chi connectivity index (χ1) is 8.05. The van der Waals surface area contributed by atoms with Gasteiger partial charge in [-0.25, -0.2) is 4.79 Å². The van der Waals surface area contributed by atoms with E-state index in [1.165, 1.54) is 5.56 Å². The lowest BCUT2D eigenvalue weighted by Crippen LogP contribution is -2.25.